The van der Waals surface area contributed by atoms with Gasteiger partial charge < -0.3 is 19.7 Å². The number of benzene rings is 2. The standard InChI is InChI=1S/C21H20F2O4/c1-11(2)4-6-13-17(24)10-18(25)14-9-19(26-3)20(27-21(13)14)12-5-7-15(22)16(23)8-12/h4-5,7-8,10,24-25H,6,9H2,1-3H3. The molecule has 2 aromatic rings. The number of allylic oxidation sites excluding steroid dienone is 3. The van der Waals surface area contributed by atoms with Crippen LogP contribution >= 0.6 is 0 Å². The van der Waals surface area contributed by atoms with Crippen molar-refractivity contribution in [1.82, 2.24) is 0 Å². The van der Waals surface area contributed by atoms with Crippen LogP contribution in [0.15, 0.2) is 41.7 Å². The van der Waals surface area contributed by atoms with Crippen molar-refractivity contribution < 1.29 is 28.5 Å². The van der Waals surface area contributed by atoms with Crippen LogP contribution in [-0.4, -0.2) is 17.3 Å². The first-order chi connectivity index (χ1) is 12.8. The third kappa shape index (κ3) is 3.60. The van der Waals surface area contributed by atoms with Gasteiger partial charge in [0, 0.05) is 29.2 Å². The summed E-state index contributed by atoms with van der Waals surface area (Å²) in [6.45, 7) is 3.86. The molecule has 0 fully saturated rings. The Balaban J connectivity index is 2.13. The third-order valence-electron chi connectivity index (χ3n) is 4.38. The second kappa shape index (κ2) is 7.31. The Kier molecular flexibility index (Phi) is 5.08. The van der Waals surface area contributed by atoms with Gasteiger partial charge in [0.05, 0.1) is 7.11 Å². The molecule has 142 valence electrons. The number of hydrogen-bond acceptors (Lipinski definition) is 4. The molecule has 0 bridgehead atoms. The summed E-state index contributed by atoms with van der Waals surface area (Å²) < 4.78 is 38.3. The molecular formula is C21H20F2O4. The maximum Gasteiger partial charge on any atom is 0.172 e. The van der Waals surface area contributed by atoms with E-state index in [-0.39, 0.29) is 23.7 Å². The Bertz CT molecular complexity index is 957. The molecule has 0 aliphatic carbocycles. The van der Waals surface area contributed by atoms with Crippen molar-refractivity contribution >= 4 is 5.76 Å². The lowest BCUT2D eigenvalue weighted by Crippen LogP contribution is -2.13. The Labute approximate surface area is 156 Å². The molecule has 3 rings (SSSR count). The summed E-state index contributed by atoms with van der Waals surface area (Å²) in [6, 6.07) is 4.68. The zero-order valence-corrected chi connectivity index (χ0v) is 15.3. The van der Waals surface area contributed by atoms with Crippen LogP contribution in [0.5, 0.6) is 17.2 Å². The molecule has 0 spiro atoms. The first-order valence-corrected chi connectivity index (χ1v) is 8.42. The Morgan fingerprint density at radius 2 is 1.89 bits per heavy atom. The van der Waals surface area contributed by atoms with Gasteiger partial charge in [-0.3, -0.25) is 0 Å². The topological polar surface area (TPSA) is 58.9 Å². The van der Waals surface area contributed by atoms with Crippen molar-refractivity contribution in [1.29, 1.82) is 0 Å². The first kappa shape index (κ1) is 18.8. The summed E-state index contributed by atoms with van der Waals surface area (Å²) in [7, 11) is 1.44. The minimum atomic E-state index is -1.01. The Morgan fingerprint density at radius 1 is 1.15 bits per heavy atom. The average molecular weight is 374 g/mol. The van der Waals surface area contributed by atoms with Gasteiger partial charge >= 0.3 is 0 Å². The average Bonchev–Trinajstić information content (AvgIpc) is 2.62. The van der Waals surface area contributed by atoms with E-state index in [9.17, 15) is 19.0 Å². The summed E-state index contributed by atoms with van der Waals surface area (Å²) >= 11 is 0. The molecule has 27 heavy (non-hydrogen) atoms. The molecular weight excluding hydrogens is 354 g/mol. The highest BCUT2D eigenvalue weighted by Crippen LogP contribution is 2.45. The van der Waals surface area contributed by atoms with Crippen LogP contribution in [0, 0.1) is 11.6 Å². The van der Waals surface area contributed by atoms with Gasteiger partial charge in [-0.2, -0.15) is 0 Å². The molecule has 2 aromatic carbocycles. The summed E-state index contributed by atoms with van der Waals surface area (Å²) in [6.07, 6.45) is 2.50. The normalized spacial score (nSPS) is 13.1. The van der Waals surface area contributed by atoms with Crippen LogP contribution in [-0.2, 0) is 17.6 Å². The zero-order valence-electron chi connectivity index (χ0n) is 15.3. The Morgan fingerprint density at radius 3 is 2.52 bits per heavy atom. The number of fused-ring (bicyclic) bond motifs is 1. The number of hydrogen-bond donors (Lipinski definition) is 2. The van der Waals surface area contributed by atoms with E-state index >= 15 is 0 Å². The summed E-state index contributed by atoms with van der Waals surface area (Å²) in [4.78, 5) is 0. The summed E-state index contributed by atoms with van der Waals surface area (Å²) in [5, 5.41) is 20.5. The molecule has 1 aliphatic heterocycles. The van der Waals surface area contributed by atoms with E-state index in [0.29, 0.717) is 34.6 Å². The SMILES string of the molecule is COC1=C(c2ccc(F)c(F)c2)Oc2c(CC=C(C)C)c(O)cc(O)c2C1. The zero-order chi connectivity index (χ0) is 19.7. The molecule has 1 heterocycles. The van der Waals surface area contributed by atoms with Crippen LogP contribution < -0.4 is 4.74 Å². The van der Waals surface area contributed by atoms with E-state index in [1.165, 1.54) is 19.2 Å². The molecule has 0 unspecified atom stereocenters. The van der Waals surface area contributed by atoms with E-state index in [1.807, 2.05) is 19.9 Å². The van der Waals surface area contributed by atoms with Gasteiger partial charge in [0.25, 0.3) is 0 Å². The maximum atomic E-state index is 13.7. The molecule has 1 aliphatic rings. The molecule has 6 heteroatoms. The second-order valence-electron chi connectivity index (χ2n) is 6.55. The van der Waals surface area contributed by atoms with Gasteiger partial charge in [0.15, 0.2) is 17.4 Å². The second-order valence-corrected chi connectivity index (χ2v) is 6.55. The van der Waals surface area contributed by atoms with Crippen molar-refractivity contribution in [3.05, 3.63) is 70.0 Å². The van der Waals surface area contributed by atoms with Gasteiger partial charge in [-0.1, -0.05) is 11.6 Å². The smallest absolute Gasteiger partial charge is 0.172 e. The molecule has 0 saturated heterocycles. The van der Waals surface area contributed by atoms with Gasteiger partial charge in [-0.15, -0.1) is 0 Å². The lowest BCUT2D eigenvalue weighted by Gasteiger charge is -2.26. The summed E-state index contributed by atoms with van der Waals surface area (Å²) in [5.74, 6) is -1.32. The lowest BCUT2D eigenvalue weighted by atomic mass is 9.96. The highest BCUT2D eigenvalue weighted by atomic mass is 19.2. The molecule has 4 nitrogen and oxygen atoms in total. The fourth-order valence-electron chi connectivity index (χ4n) is 2.94. The van der Waals surface area contributed by atoms with Gasteiger partial charge in [0.2, 0.25) is 0 Å². The van der Waals surface area contributed by atoms with E-state index in [4.69, 9.17) is 9.47 Å². The predicted molar refractivity (Wildman–Crippen MR) is 97.5 cm³/mol. The lowest BCUT2D eigenvalue weighted by molar-refractivity contribution is 0.264. The molecule has 0 amide bonds. The van der Waals surface area contributed by atoms with Crippen LogP contribution in [0.4, 0.5) is 8.78 Å². The first-order valence-electron chi connectivity index (χ1n) is 8.42. The number of rotatable bonds is 4. The van der Waals surface area contributed by atoms with Crippen molar-refractivity contribution in [3.63, 3.8) is 0 Å². The largest absolute Gasteiger partial charge is 0.507 e. The number of aromatic hydroxyl groups is 2. The molecule has 0 aromatic heterocycles. The van der Waals surface area contributed by atoms with Crippen molar-refractivity contribution in [2.75, 3.05) is 7.11 Å². The van der Waals surface area contributed by atoms with Gasteiger partial charge in [-0.05, 0) is 38.5 Å². The van der Waals surface area contributed by atoms with Crippen molar-refractivity contribution in [3.8, 4) is 17.2 Å². The number of phenolic OH excluding ortho intramolecular Hbond substituents is 2. The van der Waals surface area contributed by atoms with Gasteiger partial charge in [0.1, 0.15) is 23.0 Å². The highest BCUT2D eigenvalue weighted by molar-refractivity contribution is 5.71. The number of methoxy groups -OCH3 is 1. The van der Waals surface area contributed by atoms with Crippen LogP contribution in [0.1, 0.15) is 30.5 Å². The quantitative estimate of drug-likeness (QED) is 0.753. The van der Waals surface area contributed by atoms with E-state index in [0.717, 1.165) is 17.7 Å². The number of ether oxygens (including phenoxy) is 2. The number of phenols is 2. The summed E-state index contributed by atoms with van der Waals surface area (Å²) in [5.41, 5.74) is 2.32. The van der Waals surface area contributed by atoms with E-state index in [1.54, 1.807) is 0 Å². The monoisotopic (exact) mass is 374 g/mol. The third-order valence-corrected chi connectivity index (χ3v) is 4.38. The van der Waals surface area contributed by atoms with Crippen molar-refractivity contribution in [2.24, 2.45) is 0 Å². The maximum absolute atomic E-state index is 13.7. The minimum Gasteiger partial charge on any atom is -0.507 e. The van der Waals surface area contributed by atoms with Crippen molar-refractivity contribution in [2.45, 2.75) is 26.7 Å². The highest BCUT2D eigenvalue weighted by Gasteiger charge is 2.29. The van der Waals surface area contributed by atoms with Crippen LogP contribution in [0.3, 0.4) is 0 Å². The molecule has 0 radical (unpaired) electrons. The number of halogens is 2. The van der Waals surface area contributed by atoms with E-state index < -0.39 is 11.6 Å². The molecule has 2 N–H and O–H groups in total. The van der Waals surface area contributed by atoms with Crippen LogP contribution in [0.25, 0.3) is 5.76 Å². The van der Waals surface area contributed by atoms with Gasteiger partial charge in [-0.25, -0.2) is 8.78 Å². The molecule has 0 atom stereocenters. The fourth-order valence-corrected chi connectivity index (χ4v) is 2.94. The fraction of sp³-hybridized carbons (Fsp3) is 0.238. The molecule has 0 saturated carbocycles. The van der Waals surface area contributed by atoms with E-state index in [2.05, 4.69) is 0 Å². The van der Waals surface area contributed by atoms with Crippen LogP contribution in [0.2, 0.25) is 0 Å². The minimum absolute atomic E-state index is 0.103. The predicted octanol–water partition coefficient (Wildman–Crippen LogP) is 4.83. The Hall–Kier alpha value is -3.02.